The van der Waals surface area contributed by atoms with Gasteiger partial charge in [0, 0.05) is 24.5 Å². The molecule has 6 nitrogen and oxygen atoms in total. The molecule has 0 saturated heterocycles. The molecule has 1 heterocycles. The third-order valence-electron chi connectivity index (χ3n) is 4.94. The van der Waals surface area contributed by atoms with Crippen molar-refractivity contribution in [3.63, 3.8) is 0 Å². The van der Waals surface area contributed by atoms with Crippen LogP contribution in [-0.2, 0) is 17.5 Å². The Morgan fingerprint density at radius 2 is 1.85 bits per heavy atom. The van der Waals surface area contributed by atoms with Crippen LogP contribution in [0, 0.1) is 0 Å². The van der Waals surface area contributed by atoms with Crippen LogP contribution in [0.15, 0.2) is 67.0 Å². The number of carboxylic acid groups (broad SMARTS) is 1. The predicted octanol–water partition coefficient (Wildman–Crippen LogP) is 5.09. The van der Waals surface area contributed by atoms with Crippen molar-refractivity contribution in [2.24, 2.45) is 0 Å². The van der Waals surface area contributed by atoms with Crippen LogP contribution in [0.2, 0.25) is 0 Å². The quantitative estimate of drug-likeness (QED) is 0.476. The average Bonchev–Trinajstić information content (AvgIpc) is 3.25. The molecule has 172 valence electrons. The molecule has 1 N–H and O–H groups in total. The van der Waals surface area contributed by atoms with E-state index in [0.717, 1.165) is 35.4 Å². The average molecular weight is 458 g/mol. The van der Waals surface area contributed by atoms with Crippen molar-refractivity contribution < 1.29 is 32.6 Å². The summed E-state index contributed by atoms with van der Waals surface area (Å²) in [5, 5.41) is 8.99. The van der Waals surface area contributed by atoms with Gasteiger partial charge in [0.05, 0.1) is 5.56 Å². The van der Waals surface area contributed by atoms with Gasteiger partial charge in [-0.05, 0) is 49.2 Å². The largest absolute Gasteiger partial charge is 0.479 e. The molecule has 3 rings (SSSR count). The summed E-state index contributed by atoms with van der Waals surface area (Å²) in [7, 11) is 0. The van der Waals surface area contributed by atoms with Crippen LogP contribution >= 0.6 is 0 Å². The molecular formula is C24H21F3N2O4. The van der Waals surface area contributed by atoms with Gasteiger partial charge in [-0.1, -0.05) is 30.3 Å². The number of rotatable bonds is 8. The SMILES string of the molecule is C/C(=C\Cn1ccnc1C(=O)c1ccc(C(F)(F)F)cc1)c1cccc(O[C@@H](C)C(=O)O)c1. The molecule has 3 aromatic rings. The zero-order valence-electron chi connectivity index (χ0n) is 17.8. The molecular weight excluding hydrogens is 437 g/mol. The van der Waals surface area contributed by atoms with Gasteiger partial charge in [-0.2, -0.15) is 13.2 Å². The van der Waals surface area contributed by atoms with Gasteiger partial charge in [-0.3, -0.25) is 4.79 Å². The first-order valence-electron chi connectivity index (χ1n) is 9.96. The first-order chi connectivity index (χ1) is 15.6. The van der Waals surface area contributed by atoms with Gasteiger partial charge in [-0.15, -0.1) is 0 Å². The number of aromatic nitrogens is 2. The standard InChI is InChI=1S/C24H21F3N2O4/c1-15(18-4-3-5-20(14-18)33-16(2)23(31)32)10-12-29-13-11-28-22(29)21(30)17-6-8-19(9-7-17)24(25,26)27/h3-11,13-14,16H,12H2,1-2H3,(H,31,32)/b15-10+/t16-/m0/s1. The lowest BCUT2D eigenvalue weighted by Gasteiger charge is -2.12. The Balaban J connectivity index is 1.75. The van der Waals surface area contributed by atoms with E-state index < -0.39 is 29.6 Å². The topological polar surface area (TPSA) is 81.4 Å². The Hall–Kier alpha value is -3.88. The molecule has 1 atom stereocenters. The molecule has 2 aromatic carbocycles. The zero-order valence-corrected chi connectivity index (χ0v) is 17.8. The fourth-order valence-corrected chi connectivity index (χ4v) is 3.03. The van der Waals surface area contributed by atoms with Crippen molar-refractivity contribution in [2.75, 3.05) is 0 Å². The Labute approximate surface area is 188 Å². The Morgan fingerprint density at radius 3 is 2.48 bits per heavy atom. The molecule has 0 fully saturated rings. The fourth-order valence-electron chi connectivity index (χ4n) is 3.03. The number of carbonyl (C=O) groups is 2. The molecule has 0 saturated carbocycles. The minimum absolute atomic E-state index is 0.103. The van der Waals surface area contributed by atoms with E-state index >= 15 is 0 Å². The Kier molecular flexibility index (Phi) is 7.01. The van der Waals surface area contributed by atoms with Crippen LogP contribution in [0.4, 0.5) is 13.2 Å². The summed E-state index contributed by atoms with van der Waals surface area (Å²) >= 11 is 0. The highest BCUT2D eigenvalue weighted by atomic mass is 19.4. The molecule has 0 radical (unpaired) electrons. The summed E-state index contributed by atoms with van der Waals surface area (Å²) in [4.78, 5) is 27.8. The van der Waals surface area contributed by atoms with Crippen LogP contribution < -0.4 is 4.74 Å². The predicted molar refractivity (Wildman–Crippen MR) is 115 cm³/mol. The number of hydrogen-bond donors (Lipinski definition) is 1. The zero-order chi connectivity index (χ0) is 24.2. The maximum atomic E-state index is 12.8. The Bertz CT molecular complexity index is 1180. The van der Waals surface area contributed by atoms with Crippen LogP contribution in [-0.4, -0.2) is 32.5 Å². The van der Waals surface area contributed by atoms with Gasteiger partial charge in [-0.25, -0.2) is 9.78 Å². The minimum atomic E-state index is -4.48. The van der Waals surface area contributed by atoms with E-state index in [9.17, 15) is 22.8 Å². The van der Waals surface area contributed by atoms with Crippen LogP contribution in [0.5, 0.6) is 5.75 Å². The van der Waals surface area contributed by atoms with Crippen molar-refractivity contribution in [1.29, 1.82) is 0 Å². The van der Waals surface area contributed by atoms with Gasteiger partial charge in [0.2, 0.25) is 5.78 Å². The van der Waals surface area contributed by atoms with Crippen molar-refractivity contribution >= 4 is 17.3 Å². The van der Waals surface area contributed by atoms with E-state index in [0.29, 0.717) is 12.3 Å². The van der Waals surface area contributed by atoms with Gasteiger partial charge in [0.15, 0.2) is 11.9 Å². The van der Waals surface area contributed by atoms with E-state index in [4.69, 9.17) is 9.84 Å². The number of benzene rings is 2. The lowest BCUT2D eigenvalue weighted by Crippen LogP contribution is -2.22. The molecule has 9 heteroatoms. The van der Waals surface area contributed by atoms with Crippen LogP contribution in [0.25, 0.3) is 5.57 Å². The monoisotopic (exact) mass is 458 g/mol. The summed E-state index contributed by atoms with van der Waals surface area (Å²) in [6.07, 6.45) is -0.562. The first kappa shape index (κ1) is 23.8. The maximum absolute atomic E-state index is 12.8. The second kappa shape index (κ2) is 9.72. The second-order valence-electron chi connectivity index (χ2n) is 7.32. The smallest absolute Gasteiger partial charge is 0.416 e. The number of ether oxygens (including phenoxy) is 1. The third kappa shape index (κ3) is 5.88. The summed E-state index contributed by atoms with van der Waals surface area (Å²) in [5.74, 6) is -1.04. The summed E-state index contributed by atoms with van der Waals surface area (Å²) in [5.41, 5.74) is 0.935. The molecule has 33 heavy (non-hydrogen) atoms. The van der Waals surface area contributed by atoms with Crippen LogP contribution in [0.3, 0.4) is 0 Å². The molecule has 0 aliphatic carbocycles. The van der Waals surface area contributed by atoms with Crippen molar-refractivity contribution in [2.45, 2.75) is 32.7 Å². The van der Waals surface area contributed by atoms with E-state index in [1.54, 1.807) is 29.0 Å². The number of nitrogens with zero attached hydrogens (tertiary/aromatic N) is 2. The number of hydrogen-bond acceptors (Lipinski definition) is 4. The van der Waals surface area contributed by atoms with Crippen LogP contribution in [0.1, 0.15) is 41.2 Å². The molecule has 0 bridgehead atoms. The molecule has 0 spiro atoms. The lowest BCUT2D eigenvalue weighted by atomic mass is 10.1. The van der Waals surface area contributed by atoms with E-state index in [1.807, 2.05) is 19.1 Å². The molecule has 0 aliphatic heterocycles. The van der Waals surface area contributed by atoms with E-state index in [-0.39, 0.29) is 11.4 Å². The molecule has 0 amide bonds. The number of carboxylic acids is 1. The summed E-state index contributed by atoms with van der Waals surface area (Å²) in [6, 6.07) is 11.0. The highest BCUT2D eigenvalue weighted by Crippen LogP contribution is 2.29. The third-order valence-corrected chi connectivity index (χ3v) is 4.94. The highest BCUT2D eigenvalue weighted by Gasteiger charge is 2.30. The second-order valence-corrected chi connectivity index (χ2v) is 7.32. The normalized spacial score (nSPS) is 12.9. The van der Waals surface area contributed by atoms with Gasteiger partial charge in [0.25, 0.3) is 0 Å². The van der Waals surface area contributed by atoms with Crippen molar-refractivity contribution in [1.82, 2.24) is 9.55 Å². The molecule has 0 aliphatic rings. The highest BCUT2D eigenvalue weighted by molar-refractivity contribution is 6.06. The number of alkyl halides is 3. The fraction of sp³-hybridized carbons (Fsp3) is 0.208. The van der Waals surface area contributed by atoms with Gasteiger partial charge >= 0.3 is 12.1 Å². The van der Waals surface area contributed by atoms with Gasteiger partial charge in [0.1, 0.15) is 5.75 Å². The number of halogens is 3. The number of allylic oxidation sites excluding steroid dienone is 2. The number of imidazole rings is 1. The summed E-state index contributed by atoms with van der Waals surface area (Å²) < 4.78 is 45.2. The van der Waals surface area contributed by atoms with Gasteiger partial charge < -0.3 is 14.4 Å². The van der Waals surface area contributed by atoms with Crippen molar-refractivity contribution in [3.8, 4) is 5.75 Å². The molecule has 1 aromatic heterocycles. The van der Waals surface area contributed by atoms with Crippen molar-refractivity contribution in [3.05, 3.63) is 89.5 Å². The van der Waals surface area contributed by atoms with E-state index in [1.165, 1.54) is 13.1 Å². The summed E-state index contributed by atoms with van der Waals surface area (Å²) in [6.45, 7) is 3.59. The van der Waals surface area contributed by atoms with E-state index in [2.05, 4.69) is 4.98 Å². The number of carbonyl (C=O) groups excluding carboxylic acids is 1. The Morgan fingerprint density at radius 1 is 1.15 bits per heavy atom. The number of aliphatic carboxylic acids is 1. The maximum Gasteiger partial charge on any atom is 0.416 e. The lowest BCUT2D eigenvalue weighted by molar-refractivity contribution is -0.144. The first-order valence-corrected chi connectivity index (χ1v) is 9.96. The number of ketones is 1. The minimum Gasteiger partial charge on any atom is -0.479 e. The molecule has 0 unspecified atom stereocenters.